The van der Waals surface area contributed by atoms with Crippen molar-refractivity contribution in [2.24, 2.45) is 0 Å². The highest BCUT2D eigenvalue weighted by Gasteiger charge is 2.47. The molecule has 0 N–H and O–H groups in total. The molecule has 3 aromatic rings. The zero-order valence-corrected chi connectivity index (χ0v) is 20.3. The average Bonchev–Trinajstić information content (AvgIpc) is 3.23. The second-order valence-corrected chi connectivity index (χ2v) is 9.43. The maximum Gasteiger partial charge on any atom is 0.514 e. The number of benzene rings is 2. The summed E-state index contributed by atoms with van der Waals surface area (Å²) in [5.74, 6) is -2.88. The molecular weight excluding hydrogens is 613 g/mol. The molecule has 21 heteroatoms. The number of nitro groups is 1. The summed E-state index contributed by atoms with van der Waals surface area (Å²) in [6.45, 7) is 0. The van der Waals surface area contributed by atoms with Gasteiger partial charge in [0.1, 0.15) is 0 Å². The third-order valence-corrected chi connectivity index (χ3v) is 6.27. The SMILES string of the molecule is COC(=O)Oc1cc(Oc2ccc(S(=O)(=O)C(F)(F)F)cc2[N+](=O)[O-])n(-c2cc(C(F)(F)F)cc(C(F)(F)F)c2)n1. The number of sulfone groups is 1. The number of carbonyl (C=O) groups excluding carboxylic acids is 1. The summed E-state index contributed by atoms with van der Waals surface area (Å²) in [5, 5.41) is 15.0. The number of methoxy groups -OCH3 is 1. The molecule has 11 nitrogen and oxygen atoms in total. The van der Waals surface area contributed by atoms with Gasteiger partial charge < -0.3 is 14.2 Å². The molecule has 0 aliphatic heterocycles. The van der Waals surface area contributed by atoms with Gasteiger partial charge in [-0.3, -0.25) is 10.1 Å². The van der Waals surface area contributed by atoms with Gasteiger partial charge in [0.05, 0.1) is 39.8 Å². The van der Waals surface area contributed by atoms with Crippen LogP contribution in [0.2, 0.25) is 0 Å². The third kappa shape index (κ3) is 6.61. The number of hydrogen-bond donors (Lipinski definition) is 0. The molecule has 0 saturated carbocycles. The fourth-order valence-electron chi connectivity index (χ4n) is 2.98. The summed E-state index contributed by atoms with van der Waals surface area (Å²) in [5.41, 5.74) is -12.0. The Bertz CT molecular complexity index is 1580. The Morgan fingerprint density at radius 2 is 1.49 bits per heavy atom. The number of nitrogens with zero attached hydrogens (tertiary/aromatic N) is 3. The molecule has 1 heterocycles. The molecule has 41 heavy (non-hydrogen) atoms. The summed E-state index contributed by atoms with van der Waals surface area (Å²) in [7, 11) is -5.27. The van der Waals surface area contributed by atoms with Crippen molar-refractivity contribution in [2.45, 2.75) is 22.8 Å². The van der Waals surface area contributed by atoms with Crippen molar-refractivity contribution in [3.8, 4) is 23.2 Å². The van der Waals surface area contributed by atoms with Crippen molar-refractivity contribution in [2.75, 3.05) is 7.11 Å². The molecule has 0 bridgehead atoms. The highest BCUT2D eigenvalue weighted by molar-refractivity contribution is 7.92. The van der Waals surface area contributed by atoms with E-state index < -0.39 is 83.7 Å². The Morgan fingerprint density at radius 3 is 1.95 bits per heavy atom. The second-order valence-electron chi connectivity index (χ2n) is 7.49. The summed E-state index contributed by atoms with van der Waals surface area (Å²) in [4.78, 5) is 20.0. The molecule has 0 atom stereocenters. The Labute approximate surface area is 220 Å². The van der Waals surface area contributed by atoms with Crippen molar-refractivity contribution in [3.63, 3.8) is 0 Å². The minimum atomic E-state index is -6.09. The molecule has 1 aromatic heterocycles. The van der Waals surface area contributed by atoms with E-state index in [-0.39, 0.29) is 35.0 Å². The smallest absolute Gasteiger partial charge is 0.437 e. The highest BCUT2D eigenvalue weighted by atomic mass is 32.2. The van der Waals surface area contributed by atoms with Gasteiger partial charge in [0, 0.05) is 6.07 Å². The lowest BCUT2D eigenvalue weighted by molar-refractivity contribution is -0.385. The highest BCUT2D eigenvalue weighted by Crippen LogP contribution is 2.41. The van der Waals surface area contributed by atoms with Crippen LogP contribution in [-0.2, 0) is 26.9 Å². The largest absolute Gasteiger partial charge is 0.514 e. The first kappa shape index (κ1) is 31.0. The first-order valence-corrected chi connectivity index (χ1v) is 11.6. The Morgan fingerprint density at radius 1 is 0.927 bits per heavy atom. The maximum atomic E-state index is 13.4. The standard InChI is InChI=1S/C20H10F9N3O8S/c1-38-17(33)40-15-8-16(31(30-15)11-5-9(18(21,22)23)4-10(6-11)19(24,25)26)39-14-3-2-12(7-13(14)32(34)35)41(36,37)20(27,28)29/h2-8H,1H3. The number of nitro benzene ring substituents is 1. The van der Waals surface area contributed by atoms with Crippen molar-refractivity contribution in [1.82, 2.24) is 9.78 Å². The van der Waals surface area contributed by atoms with Gasteiger partial charge in [0.25, 0.3) is 9.84 Å². The van der Waals surface area contributed by atoms with Gasteiger partial charge in [-0.2, -0.15) is 44.2 Å². The van der Waals surface area contributed by atoms with Gasteiger partial charge in [-0.25, -0.2) is 13.2 Å². The summed E-state index contributed by atoms with van der Waals surface area (Å²) in [6.07, 6.45) is -12.1. The minimum Gasteiger partial charge on any atom is -0.437 e. The number of rotatable bonds is 6. The van der Waals surface area contributed by atoms with E-state index in [1.807, 2.05) is 0 Å². The molecule has 0 aliphatic carbocycles. The summed E-state index contributed by atoms with van der Waals surface area (Å²) in [6, 6.07) is 1.19. The van der Waals surface area contributed by atoms with E-state index in [9.17, 15) is 62.8 Å². The monoisotopic (exact) mass is 623 g/mol. The first-order chi connectivity index (χ1) is 18.6. The molecule has 0 spiro atoms. The quantitative estimate of drug-likeness (QED) is 0.139. The predicted octanol–water partition coefficient (Wildman–Crippen LogP) is 6.05. The van der Waals surface area contributed by atoms with Gasteiger partial charge in [0.15, 0.2) is 0 Å². The number of carbonyl (C=O) groups is 1. The van der Waals surface area contributed by atoms with Crippen LogP contribution in [0.1, 0.15) is 11.1 Å². The minimum absolute atomic E-state index is 0.0449. The molecule has 222 valence electrons. The van der Waals surface area contributed by atoms with E-state index in [1.54, 1.807) is 0 Å². The van der Waals surface area contributed by atoms with Gasteiger partial charge in [0.2, 0.25) is 17.5 Å². The van der Waals surface area contributed by atoms with Gasteiger partial charge in [-0.15, -0.1) is 5.10 Å². The summed E-state index contributed by atoms with van der Waals surface area (Å²) < 4.78 is 156. The van der Waals surface area contributed by atoms with Crippen LogP contribution in [-0.4, -0.2) is 41.9 Å². The number of alkyl halides is 9. The average molecular weight is 623 g/mol. The molecule has 0 radical (unpaired) electrons. The fourth-order valence-corrected chi connectivity index (χ4v) is 3.76. The van der Waals surface area contributed by atoms with E-state index in [1.165, 1.54) is 0 Å². The van der Waals surface area contributed by atoms with E-state index >= 15 is 0 Å². The summed E-state index contributed by atoms with van der Waals surface area (Å²) >= 11 is 0. The van der Waals surface area contributed by atoms with Crippen molar-refractivity contribution in [3.05, 3.63) is 63.7 Å². The topological polar surface area (TPSA) is 140 Å². The van der Waals surface area contributed by atoms with Gasteiger partial charge in [-0.05, 0) is 30.3 Å². The van der Waals surface area contributed by atoms with E-state index in [0.717, 1.165) is 7.11 Å². The molecule has 0 aliphatic rings. The normalized spacial score (nSPS) is 12.6. The lowest BCUT2D eigenvalue weighted by atomic mass is 10.1. The number of ether oxygens (including phenoxy) is 3. The predicted molar refractivity (Wildman–Crippen MR) is 113 cm³/mol. The Hall–Kier alpha value is -4.56. The first-order valence-electron chi connectivity index (χ1n) is 10.1. The molecule has 2 aromatic carbocycles. The number of halogens is 9. The van der Waals surface area contributed by atoms with Crippen LogP contribution in [0.3, 0.4) is 0 Å². The lowest BCUT2D eigenvalue weighted by Gasteiger charge is -2.15. The molecule has 0 amide bonds. The van der Waals surface area contributed by atoms with Crippen LogP contribution in [0.4, 0.5) is 50.0 Å². The Kier molecular flexibility index (Phi) is 7.89. The van der Waals surface area contributed by atoms with Crippen molar-refractivity contribution >= 4 is 21.7 Å². The molecule has 0 saturated heterocycles. The van der Waals surface area contributed by atoms with Crippen LogP contribution >= 0.6 is 0 Å². The van der Waals surface area contributed by atoms with E-state index in [0.29, 0.717) is 12.1 Å². The van der Waals surface area contributed by atoms with Crippen LogP contribution in [0, 0.1) is 10.1 Å². The van der Waals surface area contributed by atoms with Crippen LogP contribution in [0.5, 0.6) is 17.5 Å². The second kappa shape index (κ2) is 10.4. The van der Waals surface area contributed by atoms with E-state index in [4.69, 9.17) is 4.74 Å². The van der Waals surface area contributed by atoms with Crippen LogP contribution in [0.15, 0.2) is 47.4 Å². The van der Waals surface area contributed by atoms with Crippen LogP contribution in [0.25, 0.3) is 5.69 Å². The van der Waals surface area contributed by atoms with Crippen molar-refractivity contribution < 1.29 is 71.9 Å². The fraction of sp³-hybridized carbons (Fsp3) is 0.200. The van der Waals surface area contributed by atoms with Crippen LogP contribution < -0.4 is 9.47 Å². The zero-order valence-electron chi connectivity index (χ0n) is 19.5. The molecule has 0 fully saturated rings. The molecule has 3 rings (SSSR count). The third-order valence-electron chi connectivity index (χ3n) is 4.78. The van der Waals surface area contributed by atoms with Gasteiger partial charge >= 0.3 is 29.7 Å². The van der Waals surface area contributed by atoms with Gasteiger partial charge in [-0.1, -0.05) is 0 Å². The lowest BCUT2D eigenvalue weighted by Crippen LogP contribution is -2.23. The Balaban J connectivity index is 2.25. The molecular formula is C20H10F9N3O8S. The van der Waals surface area contributed by atoms with E-state index in [2.05, 4.69) is 14.6 Å². The van der Waals surface area contributed by atoms with Crippen molar-refractivity contribution in [1.29, 1.82) is 0 Å². The number of aromatic nitrogens is 2. The number of hydrogen-bond acceptors (Lipinski definition) is 9. The maximum absolute atomic E-state index is 13.4. The molecule has 0 unspecified atom stereocenters. The zero-order chi connectivity index (χ0) is 31.1.